The van der Waals surface area contributed by atoms with E-state index >= 15 is 0 Å². The summed E-state index contributed by atoms with van der Waals surface area (Å²) in [5, 5.41) is 3.08. The Kier molecular flexibility index (Phi) is 4.96. The average molecular weight is 333 g/mol. The van der Waals surface area contributed by atoms with Crippen LogP contribution in [0.3, 0.4) is 0 Å². The third-order valence-electron chi connectivity index (χ3n) is 4.79. The summed E-state index contributed by atoms with van der Waals surface area (Å²) in [6.45, 7) is 7.23. The third-order valence-corrected chi connectivity index (χ3v) is 4.79. The molecule has 2 atom stereocenters. The zero-order valence-electron chi connectivity index (χ0n) is 14.6. The van der Waals surface area contributed by atoms with Crippen LogP contribution in [0.25, 0.3) is 0 Å². The number of carbonyl (C=O) groups excluding carboxylic acids is 1. The molecule has 0 aliphatic carbocycles. The van der Waals surface area contributed by atoms with E-state index in [0.717, 1.165) is 36.3 Å². The zero-order valence-corrected chi connectivity index (χ0v) is 14.6. The Bertz CT molecular complexity index is 603. The largest absolute Gasteiger partial charge is 0.454 e. The first-order valence-electron chi connectivity index (χ1n) is 8.68. The van der Waals surface area contributed by atoms with Gasteiger partial charge in [0.25, 0.3) is 0 Å². The molecule has 2 aliphatic heterocycles. The van der Waals surface area contributed by atoms with Crippen LogP contribution in [0.5, 0.6) is 11.5 Å². The summed E-state index contributed by atoms with van der Waals surface area (Å²) >= 11 is 0. The van der Waals surface area contributed by atoms with Crippen molar-refractivity contribution in [1.82, 2.24) is 16.2 Å². The minimum Gasteiger partial charge on any atom is -0.454 e. The van der Waals surface area contributed by atoms with Crippen LogP contribution >= 0.6 is 0 Å². The van der Waals surface area contributed by atoms with Crippen LogP contribution in [0.15, 0.2) is 18.2 Å². The first kappa shape index (κ1) is 17.0. The molecule has 1 amide bonds. The van der Waals surface area contributed by atoms with Crippen LogP contribution in [0.4, 0.5) is 0 Å². The molecule has 1 fully saturated rings. The molecule has 0 radical (unpaired) electrons. The normalized spacial score (nSPS) is 22.6. The topological polar surface area (TPSA) is 71.6 Å². The Labute approximate surface area is 143 Å². The SMILES string of the molecule is CCCC1CC(C(=O)NCC(C)(C)c2ccc3c(c2)OCO3)NN1. The van der Waals surface area contributed by atoms with Gasteiger partial charge >= 0.3 is 0 Å². The maximum Gasteiger partial charge on any atom is 0.238 e. The molecule has 0 aromatic heterocycles. The number of hydrogen-bond donors (Lipinski definition) is 3. The number of hydrazine groups is 1. The van der Waals surface area contributed by atoms with Gasteiger partial charge < -0.3 is 14.8 Å². The molecule has 2 heterocycles. The fraction of sp³-hybridized carbons (Fsp3) is 0.611. The molecule has 0 bridgehead atoms. The number of amides is 1. The molecule has 0 saturated carbocycles. The summed E-state index contributed by atoms with van der Waals surface area (Å²) in [5.74, 6) is 1.60. The van der Waals surface area contributed by atoms with Crippen molar-refractivity contribution in [1.29, 1.82) is 0 Å². The lowest BCUT2D eigenvalue weighted by atomic mass is 9.84. The molecule has 1 saturated heterocycles. The van der Waals surface area contributed by atoms with Gasteiger partial charge in [-0.2, -0.15) is 0 Å². The Hall–Kier alpha value is -1.79. The first-order chi connectivity index (χ1) is 11.5. The van der Waals surface area contributed by atoms with Gasteiger partial charge in [-0.1, -0.05) is 33.3 Å². The van der Waals surface area contributed by atoms with Crippen molar-refractivity contribution in [2.75, 3.05) is 13.3 Å². The molecule has 2 unspecified atom stereocenters. The summed E-state index contributed by atoms with van der Waals surface area (Å²) in [6.07, 6.45) is 3.04. The number of fused-ring (bicyclic) bond motifs is 1. The number of carbonyl (C=O) groups is 1. The van der Waals surface area contributed by atoms with Gasteiger partial charge in [-0.25, -0.2) is 5.43 Å². The summed E-state index contributed by atoms with van der Waals surface area (Å²) in [7, 11) is 0. The van der Waals surface area contributed by atoms with Gasteiger partial charge in [-0.15, -0.1) is 0 Å². The number of hydrogen-bond acceptors (Lipinski definition) is 5. The lowest BCUT2D eigenvalue weighted by molar-refractivity contribution is -0.123. The Balaban J connectivity index is 1.56. The molecular weight excluding hydrogens is 306 g/mol. The predicted molar refractivity (Wildman–Crippen MR) is 92.0 cm³/mol. The molecular formula is C18H27N3O3. The van der Waals surface area contributed by atoms with Crippen molar-refractivity contribution in [2.24, 2.45) is 0 Å². The van der Waals surface area contributed by atoms with Crippen LogP contribution in [0.2, 0.25) is 0 Å². The summed E-state index contributed by atoms with van der Waals surface area (Å²) in [5.41, 5.74) is 7.24. The van der Waals surface area contributed by atoms with Gasteiger partial charge in [-0.3, -0.25) is 10.2 Å². The fourth-order valence-electron chi connectivity index (χ4n) is 3.18. The molecule has 3 rings (SSSR count). The van der Waals surface area contributed by atoms with Gasteiger partial charge in [0, 0.05) is 18.0 Å². The van der Waals surface area contributed by atoms with Crippen molar-refractivity contribution in [3.8, 4) is 11.5 Å². The van der Waals surface area contributed by atoms with E-state index in [1.165, 1.54) is 0 Å². The van der Waals surface area contributed by atoms with Crippen LogP contribution in [0, 0.1) is 0 Å². The Morgan fingerprint density at radius 2 is 2.08 bits per heavy atom. The molecule has 0 spiro atoms. The highest BCUT2D eigenvalue weighted by atomic mass is 16.7. The Morgan fingerprint density at radius 1 is 1.29 bits per heavy atom. The second-order valence-corrected chi connectivity index (χ2v) is 7.23. The third kappa shape index (κ3) is 3.65. The van der Waals surface area contributed by atoms with Crippen molar-refractivity contribution in [3.05, 3.63) is 23.8 Å². The number of ether oxygens (including phenoxy) is 2. The molecule has 3 N–H and O–H groups in total. The summed E-state index contributed by atoms with van der Waals surface area (Å²) < 4.78 is 10.8. The predicted octanol–water partition coefficient (Wildman–Crippen LogP) is 1.84. The standard InChI is InChI=1S/C18H27N3O3/c1-4-5-13-9-14(21-20-13)17(22)19-10-18(2,3)12-6-7-15-16(8-12)24-11-23-15/h6-8,13-14,20-21H,4-5,9-11H2,1-3H3,(H,19,22). The molecule has 6 heteroatoms. The van der Waals surface area contributed by atoms with Crippen molar-refractivity contribution in [3.63, 3.8) is 0 Å². The van der Waals surface area contributed by atoms with Gasteiger partial charge in [0.2, 0.25) is 12.7 Å². The minimum atomic E-state index is -0.189. The van der Waals surface area contributed by atoms with E-state index in [4.69, 9.17) is 9.47 Å². The van der Waals surface area contributed by atoms with Gasteiger partial charge in [0.05, 0.1) is 0 Å². The highest BCUT2D eigenvalue weighted by molar-refractivity contribution is 5.82. The number of nitrogens with one attached hydrogen (secondary N) is 3. The van der Waals surface area contributed by atoms with Gasteiger partial charge in [-0.05, 0) is 30.5 Å². The first-order valence-corrected chi connectivity index (χ1v) is 8.68. The zero-order chi connectivity index (χ0) is 17.2. The van der Waals surface area contributed by atoms with Crippen LogP contribution < -0.4 is 25.6 Å². The van der Waals surface area contributed by atoms with Crippen molar-refractivity contribution in [2.45, 2.75) is 57.5 Å². The molecule has 1 aromatic carbocycles. The second-order valence-electron chi connectivity index (χ2n) is 7.23. The number of rotatable bonds is 6. The van der Waals surface area contributed by atoms with E-state index in [1.54, 1.807) is 0 Å². The van der Waals surface area contributed by atoms with E-state index in [1.807, 2.05) is 18.2 Å². The summed E-state index contributed by atoms with van der Waals surface area (Å²) in [4.78, 5) is 12.4. The monoisotopic (exact) mass is 333 g/mol. The van der Waals surface area contributed by atoms with Crippen molar-refractivity contribution >= 4 is 5.91 Å². The fourth-order valence-corrected chi connectivity index (χ4v) is 3.18. The lowest BCUT2D eigenvalue weighted by Crippen LogP contribution is -2.46. The van der Waals surface area contributed by atoms with Gasteiger partial charge in [0.15, 0.2) is 11.5 Å². The molecule has 2 aliphatic rings. The van der Waals surface area contributed by atoms with Gasteiger partial charge in [0.1, 0.15) is 6.04 Å². The van der Waals surface area contributed by atoms with E-state index in [0.29, 0.717) is 12.6 Å². The maximum atomic E-state index is 12.4. The molecule has 24 heavy (non-hydrogen) atoms. The van der Waals surface area contributed by atoms with E-state index in [2.05, 4.69) is 36.9 Å². The van der Waals surface area contributed by atoms with Crippen LogP contribution in [0.1, 0.15) is 45.6 Å². The quantitative estimate of drug-likeness (QED) is 0.741. The highest BCUT2D eigenvalue weighted by Crippen LogP contribution is 2.36. The van der Waals surface area contributed by atoms with E-state index < -0.39 is 0 Å². The Morgan fingerprint density at radius 3 is 2.88 bits per heavy atom. The minimum absolute atomic E-state index is 0.0509. The second kappa shape index (κ2) is 6.99. The average Bonchev–Trinajstić information content (AvgIpc) is 3.21. The number of benzene rings is 1. The highest BCUT2D eigenvalue weighted by Gasteiger charge is 2.30. The van der Waals surface area contributed by atoms with Crippen molar-refractivity contribution < 1.29 is 14.3 Å². The lowest BCUT2D eigenvalue weighted by Gasteiger charge is -2.26. The van der Waals surface area contributed by atoms with E-state index in [-0.39, 0.29) is 24.2 Å². The molecule has 6 nitrogen and oxygen atoms in total. The van der Waals surface area contributed by atoms with E-state index in [9.17, 15) is 4.79 Å². The molecule has 132 valence electrons. The maximum absolute atomic E-state index is 12.4. The van der Waals surface area contributed by atoms with Crippen LogP contribution in [-0.2, 0) is 10.2 Å². The smallest absolute Gasteiger partial charge is 0.238 e. The van der Waals surface area contributed by atoms with Crippen LogP contribution in [-0.4, -0.2) is 31.3 Å². The summed E-state index contributed by atoms with van der Waals surface area (Å²) in [6, 6.07) is 6.19. The molecule has 1 aromatic rings.